The van der Waals surface area contributed by atoms with E-state index in [0.717, 1.165) is 31.7 Å². The van der Waals surface area contributed by atoms with Gasteiger partial charge >= 0.3 is 5.97 Å². The molecule has 4 nitrogen and oxygen atoms in total. The summed E-state index contributed by atoms with van der Waals surface area (Å²) in [6, 6.07) is 3.07. The molecule has 1 aromatic carbocycles. The van der Waals surface area contributed by atoms with Gasteiger partial charge in [-0.15, -0.1) is 0 Å². The third-order valence-electron chi connectivity index (χ3n) is 4.32. The topological polar surface area (TPSA) is 52.6 Å². The number of anilines is 1. The van der Waals surface area contributed by atoms with Crippen LogP contribution in [0.4, 0.5) is 14.5 Å². The van der Waals surface area contributed by atoms with Crippen molar-refractivity contribution < 1.29 is 18.7 Å². The summed E-state index contributed by atoms with van der Waals surface area (Å²) >= 11 is 0. The lowest BCUT2D eigenvalue weighted by atomic mass is 9.90. The minimum absolute atomic E-state index is 0.116. The summed E-state index contributed by atoms with van der Waals surface area (Å²) in [4.78, 5) is 12.5. The van der Waals surface area contributed by atoms with E-state index in [9.17, 15) is 13.6 Å². The van der Waals surface area contributed by atoms with Gasteiger partial charge in [0.25, 0.3) is 0 Å². The van der Waals surface area contributed by atoms with Crippen LogP contribution < -0.4 is 10.2 Å². The van der Waals surface area contributed by atoms with E-state index in [2.05, 4.69) is 5.32 Å². The second kappa shape index (κ2) is 6.39. The van der Waals surface area contributed by atoms with E-state index < -0.39 is 23.2 Å². The molecule has 0 bridgehead atoms. The average Bonchev–Trinajstić information content (AvgIpc) is 2.49. The maximum Gasteiger partial charge on any atom is 0.338 e. The van der Waals surface area contributed by atoms with E-state index in [1.165, 1.54) is 6.07 Å². The number of nitrogens with one attached hydrogen (secondary N) is 1. The first-order valence-corrected chi connectivity index (χ1v) is 7.07. The highest BCUT2D eigenvalue weighted by atomic mass is 19.2. The van der Waals surface area contributed by atoms with Crippen molar-refractivity contribution in [3.05, 3.63) is 29.3 Å². The Labute approximate surface area is 122 Å². The first kappa shape index (κ1) is 15.7. The molecule has 1 aliphatic rings. The largest absolute Gasteiger partial charge is 0.478 e. The van der Waals surface area contributed by atoms with Gasteiger partial charge in [-0.3, -0.25) is 0 Å². The van der Waals surface area contributed by atoms with Crippen LogP contribution >= 0.6 is 0 Å². The van der Waals surface area contributed by atoms with E-state index >= 15 is 0 Å². The quantitative estimate of drug-likeness (QED) is 0.897. The third kappa shape index (κ3) is 3.15. The SMILES string of the molecule is CNC1CCC(N(C)c2ccc(C(=O)O)c(F)c2F)CC1. The van der Waals surface area contributed by atoms with Crippen LogP contribution in [0.5, 0.6) is 0 Å². The number of carboxylic acid groups (broad SMARTS) is 1. The van der Waals surface area contributed by atoms with Crippen molar-refractivity contribution in [2.75, 3.05) is 19.0 Å². The maximum atomic E-state index is 14.1. The Kier molecular flexibility index (Phi) is 4.77. The molecule has 0 amide bonds. The lowest BCUT2D eigenvalue weighted by Crippen LogP contribution is -2.40. The Morgan fingerprint density at radius 1 is 1.24 bits per heavy atom. The molecule has 2 rings (SSSR count). The van der Waals surface area contributed by atoms with Crippen molar-refractivity contribution in [1.82, 2.24) is 5.32 Å². The first-order valence-electron chi connectivity index (χ1n) is 7.07. The molecule has 0 aromatic heterocycles. The van der Waals surface area contributed by atoms with Crippen LogP contribution in [0.25, 0.3) is 0 Å². The molecule has 0 atom stereocenters. The molecule has 0 aliphatic heterocycles. The minimum Gasteiger partial charge on any atom is -0.478 e. The van der Waals surface area contributed by atoms with Crippen molar-refractivity contribution in [2.24, 2.45) is 0 Å². The second-order valence-corrected chi connectivity index (χ2v) is 5.47. The van der Waals surface area contributed by atoms with Gasteiger partial charge in [-0.05, 0) is 44.9 Å². The van der Waals surface area contributed by atoms with Crippen LogP contribution in [0.15, 0.2) is 12.1 Å². The average molecular weight is 298 g/mol. The van der Waals surface area contributed by atoms with Gasteiger partial charge in [-0.1, -0.05) is 0 Å². The first-order chi connectivity index (χ1) is 9.95. The highest BCUT2D eigenvalue weighted by Crippen LogP contribution is 2.30. The smallest absolute Gasteiger partial charge is 0.338 e. The standard InChI is InChI=1S/C15H20F2N2O2/c1-18-9-3-5-10(6-4-9)19(2)12-8-7-11(15(20)21)13(16)14(12)17/h7-10,18H,3-6H2,1-2H3,(H,20,21). The predicted octanol–water partition coefficient (Wildman–Crippen LogP) is 2.63. The summed E-state index contributed by atoms with van der Waals surface area (Å²) < 4.78 is 27.8. The molecular weight excluding hydrogens is 278 g/mol. The number of nitrogens with zero attached hydrogens (tertiary/aromatic N) is 1. The Balaban J connectivity index is 2.18. The normalized spacial score (nSPS) is 22.1. The number of carboxylic acids is 1. The van der Waals surface area contributed by atoms with Gasteiger partial charge in [0.15, 0.2) is 11.6 Å². The van der Waals surface area contributed by atoms with E-state index in [4.69, 9.17) is 5.11 Å². The zero-order valence-corrected chi connectivity index (χ0v) is 12.2. The van der Waals surface area contributed by atoms with Crippen LogP contribution in [-0.4, -0.2) is 37.3 Å². The van der Waals surface area contributed by atoms with E-state index in [0.29, 0.717) is 6.04 Å². The number of hydrogen-bond acceptors (Lipinski definition) is 3. The van der Waals surface area contributed by atoms with Gasteiger partial charge in [-0.2, -0.15) is 0 Å². The molecule has 0 unspecified atom stereocenters. The van der Waals surface area contributed by atoms with Gasteiger partial charge in [0, 0.05) is 19.1 Å². The molecule has 0 spiro atoms. The summed E-state index contributed by atoms with van der Waals surface area (Å²) in [5.74, 6) is -3.85. The van der Waals surface area contributed by atoms with Crippen molar-refractivity contribution >= 4 is 11.7 Å². The van der Waals surface area contributed by atoms with Crippen molar-refractivity contribution in [3.8, 4) is 0 Å². The lowest BCUT2D eigenvalue weighted by molar-refractivity contribution is 0.0690. The lowest BCUT2D eigenvalue weighted by Gasteiger charge is -2.36. The molecule has 1 aliphatic carbocycles. The minimum atomic E-state index is -1.46. The van der Waals surface area contributed by atoms with Gasteiger partial charge in [0.1, 0.15) is 0 Å². The molecule has 2 N–H and O–H groups in total. The Hall–Kier alpha value is -1.69. The zero-order chi connectivity index (χ0) is 15.6. The Morgan fingerprint density at radius 2 is 1.86 bits per heavy atom. The molecule has 1 fully saturated rings. The van der Waals surface area contributed by atoms with Crippen LogP contribution in [-0.2, 0) is 0 Å². The Bertz CT molecular complexity index is 529. The molecule has 21 heavy (non-hydrogen) atoms. The number of benzene rings is 1. The molecular formula is C15H20F2N2O2. The number of rotatable bonds is 4. The highest BCUT2D eigenvalue weighted by Gasteiger charge is 2.27. The summed E-state index contributed by atoms with van der Waals surface area (Å²) in [7, 11) is 3.65. The fourth-order valence-corrected chi connectivity index (χ4v) is 2.93. The molecule has 0 radical (unpaired) electrons. The fraction of sp³-hybridized carbons (Fsp3) is 0.533. The molecule has 0 saturated heterocycles. The van der Waals surface area contributed by atoms with Crippen LogP contribution in [0.3, 0.4) is 0 Å². The van der Waals surface area contributed by atoms with Gasteiger partial charge in [0.2, 0.25) is 0 Å². The molecule has 1 aromatic rings. The van der Waals surface area contributed by atoms with Crippen LogP contribution in [0.1, 0.15) is 36.0 Å². The zero-order valence-electron chi connectivity index (χ0n) is 12.2. The number of halogens is 2. The van der Waals surface area contributed by atoms with Gasteiger partial charge in [-0.25, -0.2) is 13.6 Å². The van der Waals surface area contributed by atoms with Crippen molar-refractivity contribution in [3.63, 3.8) is 0 Å². The van der Waals surface area contributed by atoms with Crippen LogP contribution in [0, 0.1) is 11.6 Å². The third-order valence-corrected chi connectivity index (χ3v) is 4.32. The number of hydrogen-bond donors (Lipinski definition) is 2. The monoisotopic (exact) mass is 298 g/mol. The molecule has 0 heterocycles. The summed E-state index contributed by atoms with van der Waals surface area (Å²) in [5.41, 5.74) is -0.519. The highest BCUT2D eigenvalue weighted by molar-refractivity contribution is 5.88. The van der Waals surface area contributed by atoms with Crippen molar-refractivity contribution in [2.45, 2.75) is 37.8 Å². The summed E-state index contributed by atoms with van der Waals surface area (Å²) in [6.07, 6.45) is 3.76. The van der Waals surface area contributed by atoms with Gasteiger partial charge < -0.3 is 15.3 Å². The van der Waals surface area contributed by atoms with Crippen LogP contribution in [0.2, 0.25) is 0 Å². The van der Waals surface area contributed by atoms with E-state index in [1.54, 1.807) is 11.9 Å². The van der Waals surface area contributed by atoms with E-state index in [1.807, 2.05) is 7.05 Å². The second-order valence-electron chi connectivity index (χ2n) is 5.47. The number of carbonyl (C=O) groups is 1. The molecule has 1 saturated carbocycles. The van der Waals surface area contributed by atoms with Crippen molar-refractivity contribution in [1.29, 1.82) is 0 Å². The fourth-order valence-electron chi connectivity index (χ4n) is 2.93. The molecule has 116 valence electrons. The van der Waals surface area contributed by atoms with E-state index in [-0.39, 0.29) is 11.7 Å². The summed E-state index contributed by atoms with van der Waals surface area (Å²) in [6.45, 7) is 0. The summed E-state index contributed by atoms with van der Waals surface area (Å²) in [5, 5.41) is 12.0. The Morgan fingerprint density at radius 3 is 2.38 bits per heavy atom. The molecule has 6 heteroatoms. The van der Waals surface area contributed by atoms with Gasteiger partial charge in [0.05, 0.1) is 11.3 Å². The number of aromatic carboxylic acids is 1. The maximum absolute atomic E-state index is 14.1. The predicted molar refractivity (Wildman–Crippen MR) is 76.8 cm³/mol.